The first-order valence-electron chi connectivity index (χ1n) is 11.5. The maximum atomic E-state index is 15.7. The number of amides is 1. The van der Waals surface area contributed by atoms with Gasteiger partial charge in [0.05, 0.1) is 44.2 Å². The molecule has 12 nitrogen and oxygen atoms in total. The van der Waals surface area contributed by atoms with Crippen molar-refractivity contribution in [1.82, 2.24) is 19.5 Å². The topological polar surface area (TPSA) is 164 Å². The normalized spacial score (nSPS) is 23.9. The summed E-state index contributed by atoms with van der Waals surface area (Å²) in [6.07, 6.45) is -2.06. The molecule has 1 aliphatic rings. The molecule has 34 heavy (non-hydrogen) atoms. The van der Waals surface area contributed by atoms with Gasteiger partial charge in [0.25, 0.3) is 5.56 Å². The smallest absolute Gasteiger partial charge is 0.280 e. The fourth-order valence-electron chi connectivity index (χ4n) is 3.10. The molecule has 1 fully saturated rings. The monoisotopic (exact) mass is 503 g/mol. The van der Waals surface area contributed by atoms with E-state index in [2.05, 4.69) is 25.4 Å². The lowest BCUT2D eigenvalue weighted by Crippen LogP contribution is -2.48. The molecule has 1 saturated heterocycles. The molecular weight excluding hydrogens is 470 g/mol. The van der Waals surface area contributed by atoms with Gasteiger partial charge in [0, 0.05) is 21.1 Å². The second-order valence-electron chi connectivity index (χ2n) is 7.52. The number of fused-ring (bicyclic) bond motifs is 1. The first-order valence-corrected chi connectivity index (χ1v) is 12.0. The second-order valence-corrected chi connectivity index (χ2v) is 8.87. The lowest BCUT2D eigenvalue weighted by atomic mass is 10.0. The lowest BCUT2D eigenvalue weighted by Gasteiger charge is -2.38. The summed E-state index contributed by atoms with van der Waals surface area (Å²) in [6, 6.07) is 1.02. The molecule has 0 radical (unpaired) electrons. The average molecular weight is 503 g/mol. The van der Waals surface area contributed by atoms with Gasteiger partial charge in [-0.15, -0.1) is 0 Å². The molecular formula is C20H30FN6O6P. The highest BCUT2D eigenvalue weighted by atomic mass is 31.2. The van der Waals surface area contributed by atoms with E-state index in [4.69, 9.17) is 21.8 Å². The van der Waals surface area contributed by atoms with E-state index in [1.807, 2.05) is 6.07 Å². The SMILES string of the molecule is [2H]C[C@H]1OC[C@@H](n2cnc3c(=O)[nH]c(NC(=O)C(C)C)nc32)[C@H](F)C1OP(C)OCCC#N.[3H]OC. The molecule has 188 valence electrons. The third-order valence-electron chi connectivity index (χ3n) is 4.84. The number of carbonyl (C=O) groups excluding carboxylic acids is 1. The van der Waals surface area contributed by atoms with Crippen LogP contribution in [0.25, 0.3) is 11.2 Å². The number of nitrogens with one attached hydrogen (secondary N) is 2. The van der Waals surface area contributed by atoms with Gasteiger partial charge < -0.3 is 23.5 Å². The van der Waals surface area contributed by atoms with Crippen molar-refractivity contribution < 1.29 is 29.4 Å². The van der Waals surface area contributed by atoms with E-state index in [0.717, 1.165) is 0 Å². The van der Waals surface area contributed by atoms with E-state index >= 15 is 4.39 Å². The standard InChI is InChI=1S/C19H26FN6O5P.CH4O/c1-10(2)17(27)24-19-23-16-14(18(28)25-19)22-9-26(16)12-8-29-11(3)15(13(12)20)31-32(4)30-7-5-6-21;1-2/h9-13,15H,5,7-8H2,1-4H3,(H2,23,24,25,27,28);2H,1H3/t11-,12-,13+,15?,32?;/m1./s1/i3D;2T. The highest BCUT2D eigenvalue weighted by Gasteiger charge is 2.42. The van der Waals surface area contributed by atoms with Gasteiger partial charge in [-0.1, -0.05) is 13.8 Å². The van der Waals surface area contributed by atoms with E-state index in [-0.39, 0.29) is 55.5 Å². The predicted octanol–water partition coefficient (Wildman–Crippen LogP) is 1.88. The molecule has 1 aliphatic heterocycles. The van der Waals surface area contributed by atoms with E-state index < -0.39 is 38.4 Å². The molecule has 2 unspecified atom stereocenters. The molecule has 14 heteroatoms. The summed E-state index contributed by atoms with van der Waals surface area (Å²) in [7, 11) is -0.217. The zero-order valence-corrected chi connectivity index (χ0v) is 20.3. The molecule has 5 atom stereocenters. The van der Waals surface area contributed by atoms with Crippen LogP contribution < -0.4 is 10.9 Å². The Bertz CT molecular complexity index is 1100. The number of hydrogen-bond acceptors (Lipinski definition) is 9. The van der Waals surface area contributed by atoms with Crippen molar-refractivity contribution >= 4 is 31.4 Å². The largest absolute Gasteiger partial charge is 0.400 e. The van der Waals surface area contributed by atoms with Crippen molar-refractivity contribution in [2.24, 2.45) is 5.92 Å². The number of alkyl halides is 1. The molecule has 3 heterocycles. The number of aromatic amines is 1. The molecule has 0 saturated carbocycles. The fraction of sp³-hybridized carbons (Fsp3) is 0.650. The zero-order chi connectivity index (χ0) is 26.8. The van der Waals surface area contributed by atoms with Crippen LogP contribution in [-0.4, -0.2) is 77.3 Å². The van der Waals surface area contributed by atoms with E-state index in [9.17, 15) is 9.59 Å². The van der Waals surface area contributed by atoms with Gasteiger partial charge in [0.1, 0.15) is 6.10 Å². The van der Waals surface area contributed by atoms with E-state index in [0.29, 0.717) is 0 Å². The second kappa shape index (κ2) is 12.8. The van der Waals surface area contributed by atoms with Gasteiger partial charge in [-0.25, -0.2) is 9.37 Å². The summed E-state index contributed by atoms with van der Waals surface area (Å²) in [5.74, 6) is -0.746. The molecule has 0 bridgehead atoms. The number of nitriles is 1. The Morgan fingerprint density at radius 1 is 1.68 bits per heavy atom. The highest BCUT2D eigenvalue weighted by molar-refractivity contribution is 7.46. The number of hydrogen-bond donors (Lipinski definition) is 3. The quantitative estimate of drug-likeness (QED) is 0.360. The maximum Gasteiger partial charge on any atom is 0.280 e. The first-order chi connectivity index (χ1) is 17.2. The fourth-order valence-corrected chi connectivity index (χ4v) is 4.11. The number of anilines is 1. The third-order valence-corrected chi connectivity index (χ3v) is 5.93. The Morgan fingerprint density at radius 2 is 2.41 bits per heavy atom. The van der Waals surface area contributed by atoms with Gasteiger partial charge in [-0.3, -0.25) is 19.9 Å². The van der Waals surface area contributed by atoms with Gasteiger partial charge >= 0.3 is 0 Å². The molecule has 0 aromatic carbocycles. The van der Waals surface area contributed by atoms with Crippen LogP contribution in [0, 0.1) is 17.2 Å². The first kappa shape index (κ1) is 24.6. The molecule has 2 aromatic heterocycles. The van der Waals surface area contributed by atoms with Crippen molar-refractivity contribution in [1.29, 1.82) is 6.69 Å². The number of H-pyrrole nitrogens is 1. The predicted molar refractivity (Wildman–Crippen MR) is 123 cm³/mol. The zero-order valence-electron chi connectivity index (χ0n) is 21.4. The molecule has 3 N–H and O–H groups in total. The van der Waals surface area contributed by atoms with Gasteiger partial charge in [-0.05, 0) is 6.90 Å². The van der Waals surface area contributed by atoms with Crippen LogP contribution in [0.2, 0.25) is 0 Å². The van der Waals surface area contributed by atoms with Crippen molar-refractivity contribution in [3.05, 3.63) is 16.7 Å². The molecule has 3 rings (SSSR count). The Morgan fingerprint density at radius 3 is 3.06 bits per heavy atom. The molecule has 0 spiro atoms. The summed E-state index contributed by atoms with van der Waals surface area (Å²) >= 11 is 0. The summed E-state index contributed by atoms with van der Waals surface area (Å²) < 4.78 is 47.3. The van der Waals surface area contributed by atoms with E-state index in [1.54, 1.807) is 20.5 Å². The van der Waals surface area contributed by atoms with Crippen LogP contribution in [0.15, 0.2) is 11.1 Å². The molecule has 1 amide bonds. The number of nitrogens with zero attached hydrogens (tertiary/aromatic N) is 4. The number of halogens is 1. The third kappa shape index (κ3) is 6.55. The van der Waals surface area contributed by atoms with Crippen LogP contribution >= 0.6 is 8.38 Å². The highest BCUT2D eigenvalue weighted by Crippen LogP contribution is 2.41. The number of aromatic nitrogens is 4. The molecule has 2 aromatic rings. The Kier molecular flexibility index (Phi) is 9.29. The minimum absolute atomic E-state index is 0.0117. The van der Waals surface area contributed by atoms with Crippen LogP contribution in [-0.2, 0) is 18.6 Å². The van der Waals surface area contributed by atoms with Crippen LogP contribution in [0.4, 0.5) is 10.3 Å². The van der Waals surface area contributed by atoms with Crippen LogP contribution in [0.5, 0.6) is 0 Å². The summed E-state index contributed by atoms with van der Waals surface area (Å²) in [5, 5.41) is 14.7. The number of aliphatic hydroxyl groups is 1. The Labute approximate surface area is 200 Å². The van der Waals surface area contributed by atoms with Crippen molar-refractivity contribution in [3.63, 3.8) is 0 Å². The lowest BCUT2D eigenvalue weighted by molar-refractivity contribution is -0.119. The summed E-state index contributed by atoms with van der Waals surface area (Å²) in [6.45, 7) is 4.88. The number of carbonyl (C=O) groups is 1. The minimum atomic E-state index is -1.62. The molecule has 0 aliphatic carbocycles. The average Bonchev–Trinajstić information content (AvgIpc) is 3.25. The summed E-state index contributed by atoms with van der Waals surface area (Å²) in [4.78, 5) is 35.2. The Balaban J connectivity index is 0.00000145. The van der Waals surface area contributed by atoms with Gasteiger partial charge in [0.15, 0.2) is 25.7 Å². The minimum Gasteiger partial charge on any atom is -0.400 e. The van der Waals surface area contributed by atoms with Crippen molar-refractivity contribution in [2.45, 2.75) is 51.6 Å². The van der Waals surface area contributed by atoms with Crippen LogP contribution in [0.3, 0.4) is 0 Å². The van der Waals surface area contributed by atoms with E-state index in [1.165, 1.54) is 18.0 Å². The number of aliphatic hydroxyl groups excluding tert-OH is 1. The maximum absolute atomic E-state index is 15.7. The van der Waals surface area contributed by atoms with Crippen LogP contribution in [0.1, 0.15) is 34.6 Å². The van der Waals surface area contributed by atoms with Gasteiger partial charge in [-0.2, -0.15) is 10.2 Å². The van der Waals surface area contributed by atoms with Gasteiger partial charge in [0.2, 0.25) is 13.3 Å². The summed E-state index contributed by atoms with van der Waals surface area (Å²) in [5.41, 5.74) is -0.506. The van der Waals surface area contributed by atoms with Crippen molar-refractivity contribution in [3.8, 4) is 6.07 Å². The number of imidazole rings is 1. The number of rotatable bonds is 8. The number of ether oxygens (including phenoxy) is 1. The Hall–Kier alpha value is -2.49. The van der Waals surface area contributed by atoms with Crippen molar-refractivity contribution in [2.75, 3.05) is 32.3 Å².